The zero-order chi connectivity index (χ0) is 18.3. The normalized spacial score (nSPS) is 14.9. The molecule has 1 fully saturated rings. The fourth-order valence-corrected chi connectivity index (χ4v) is 3.18. The molecular weight excluding hydrogens is 330 g/mol. The highest BCUT2D eigenvalue weighted by Gasteiger charge is 2.22. The maximum atomic E-state index is 4.69. The molecule has 3 aromatic rings. The molecule has 9 nitrogen and oxygen atoms in total. The average molecular weight is 353 g/mol. The van der Waals surface area contributed by atoms with Crippen LogP contribution >= 0.6 is 0 Å². The first-order valence-corrected chi connectivity index (χ1v) is 8.71. The van der Waals surface area contributed by atoms with Crippen LogP contribution in [-0.2, 0) is 0 Å². The fourth-order valence-electron chi connectivity index (χ4n) is 3.18. The number of aryl methyl sites for hydroxylation is 2. The first kappa shape index (κ1) is 16.5. The molecule has 1 aliphatic heterocycles. The lowest BCUT2D eigenvalue weighted by Gasteiger charge is -2.36. The summed E-state index contributed by atoms with van der Waals surface area (Å²) in [6.45, 7) is 7.44. The van der Waals surface area contributed by atoms with E-state index in [1.807, 2.05) is 38.9 Å². The quantitative estimate of drug-likeness (QED) is 0.688. The monoisotopic (exact) mass is 353 g/mol. The predicted molar refractivity (Wildman–Crippen MR) is 101 cm³/mol. The molecule has 0 bridgehead atoms. The van der Waals surface area contributed by atoms with E-state index < -0.39 is 0 Å². The van der Waals surface area contributed by atoms with Gasteiger partial charge in [0.2, 0.25) is 5.95 Å². The number of anilines is 3. The number of piperazine rings is 1. The third kappa shape index (κ3) is 3.00. The number of hydrogen-bond acceptors (Lipinski definition) is 8. The zero-order valence-electron chi connectivity index (χ0n) is 15.6. The van der Waals surface area contributed by atoms with E-state index in [2.05, 4.69) is 35.9 Å². The molecule has 0 aliphatic carbocycles. The van der Waals surface area contributed by atoms with Crippen molar-refractivity contribution in [1.29, 1.82) is 0 Å². The lowest BCUT2D eigenvalue weighted by molar-refractivity contribution is 0.626. The fraction of sp³-hybridized carbons (Fsp3) is 0.471. The van der Waals surface area contributed by atoms with E-state index in [9.17, 15) is 0 Å². The van der Waals surface area contributed by atoms with Crippen molar-refractivity contribution < 1.29 is 0 Å². The smallest absolute Gasteiger partial charge is 0.254 e. The summed E-state index contributed by atoms with van der Waals surface area (Å²) in [5.74, 6) is 3.40. The van der Waals surface area contributed by atoms with Gasteiger partial charge in [-0.3, -0.25) is 0 Å². The lowest BCUT2D eigenvalue weighted by Crippen LogP contribution is -2.47. The standard InChI is InChI=1S/C17H23N9/c1-12-9-14(23(3)4)22-17(21-12)25-7-5-24(6-8-25)15-10-13(2)20-16-18-11-19-26(15)16/h9-11H,5-8H2,1-4H3. The van der Waals surface area contributed by atoms with Gasteiger partial charge in [-0.2, -0.15) is 19.6 Å². The van der Waals surface area contributed by atoms with Crippen molar-refractivity contribution in [2.24, 2.45) is 0 Å². The first-order chi connectivity index (χ1) is 12.5. The van der Waals surface area contributed by atoms with Gasteiger partial charge in [0.25, 0.3) is 5.78 Å². The van der Waals surface area contributed by atoms with Crippen LogP contribution in [-0.4, -0.2) is 69.8 Å². The molecule has 0 radical (unpaired) electrons. The molecule has 0 amide bonds. The number of nitrogens with zero attached hydrogens (tertiary/aromatic N) is 9. The Morgan fingerprint density at radius 3 is 2.31 bits per heavy atom. The van der Waals surface area contributed by atoms with Gasteiger partial charge in [0.05, 0.1) is 0 Å². The molecule has 0 N–H and O–H groups in total. The van der Waals surface area contributed by atoms with Gasteiger partial charge in [-0.25, -0.2) is 9.97 Å². The molecule has 4 heterocycles. The van der Waals surface area contributed by atoms with Crippen LogP contribution in [0.5, 0.6) is 0 Å². The van der Waals surface area contributed by atoms with Crippen molar-refractivity contribution in [3.63, 3.8) is 0 Å². The Morgan fingerprint density at radius 1 is 0.885 bits per heavy atom. The van der Waals surface area contributed by atoms with Crippen molar-refractivity contribution in [3.05, 3.63) is 29.8 Å². The van der Waals surface area contributed by atoms with E-state index in [1.165, 1.54) is 0 Å². The van der Waals surface area contributed by atoms with Crippen LogP contribution in [0.25, 0.3) is 5.78 Å². The van der Waals surface area contributed by atoms with E-state index in [1.54, 1.807) is 10.8 Å². The topological polar surface area (TPSA) is 78.6 Å². The molecule has 0 unspecified atom stereocenters. The summed E-state index contributed by atoms with van der Waals surface area (Å²) < 4.78 is 1.80. The van der Waals surface area contributed by atoms with Gasteiger partial charge in [-0.05, 0) is 13.8 Å². The molecule has 0 spiro atoms. The Bertz CT molecular complexity index is 925. The summed E-state index contributed by atoms with van der Waals surface area (Å²) in [5, 5.41) is 4.31. The van der Waals surface area contributed by atoms with E-state index in [-0.39, 0.29) is 0 Å². The molecule has 0 saturated carbocycles. The first-order valence-electron chi connectivity index (χ1n) is 8.71. The largest absolute Gasteiger partial charge is 0.363 e. The van der Waals surface area contributed by atoms with Crippen molar-refractivity contribution in [2.45, 2.75) is 13.8 Å². The van der Waals surface area contributed by atoms with E-state index in [0.29, 0.717) is 5.78 Å². The second-order valence-electron chi connectivity index (χ2n) is 6.76. The Labute approximate surface area is 152 Å². The van der Waals surface area contributed by atoms with Gasteiger partial charge in [0, 0.05) is 63.8 Å². The van der Waals surface area contributed by atoms with Gasteiger partial charge in [-0.15, -0.1) is 0 Å². The molecule has 0 aromatic carbocycles. The van der Waals surface area contributed by atoms with Crippen molar-refractivity contribution in [3.8, 4) is 0 Å². The van der Waals surface area contributed by atoms with Gasteiger partial charge in [0.15, 0.2) is 0 Å². The third-order valence-electron chi connectivity index (χ3n) is 4.53. The molecule has 4 rings (SSSR count). The van der Waals surface area contributed by atoms with E-state index >= 15 is 0 Å². The third-order valence-corrected chi connectivity index (χ3v) is 4.53. The lowest BCUT2D eigenvalue weighted by atomic mass is 10.3. The summed E-state index contributed by atoms with van der Waals surface area (Å²) in [6.07, 6.45) is 1.55. The number of rotatable bonds is 3. The molecule has 26 heavy (non-hydrogen) atoms. The molecule has 1 saturated heterocycles. The van der Waals surface area contributed by atoms with Gasteiger partial charge in [-0.1, -0.05) is 0 Å². The SMILES string of the molecule is Cc1cc(N(C)C)nc(N2CCN(c3cc(C)nc4ncnn34)CC2)n1. The van der Waals surface area contributed by atoms with Crippen LogP contribution in [0.15, 0.2) is 18.5 Å². The molecule has 3 aromatic heterocycles. The van der Waals surface area contributed by atoms with Gasteiger partial charge >= 0.3 is 0 Å². The Hall–Kier alpha value is -2.97. The van der Waals surface area contributed by atoms with Crippen molar-refractivity contribution >= 4 is 23.4 Å². The Morgan fingerprint density at radius 2 is 1.58 bits per heavy atom. The summed E-state index contributed by atoms with van der Waals surface area (Å²) in [4.78, 5) is 24.5. The molecule has 136 valence electrons. The average Bonchev–Trinajstić information content (AvgIpc) is 3.09. The van der Waals surface area contributed by atoms with Crippen LogP contribution < -0.4 is 14.7 Å². The minimum Gasteiger partial charge on any atom is -0.363 e. The Balaban J connectivity index is 1.55. The summed E-state index contributed by atoms with van der Waals surface area (Å²) in [6, 6.07) is 4.06. The highest BCUT2D eigenvalue weighted by molar-refractivity contribution is 5.50. The van der Waals surface area contributed by atoms with E-state index in [0.717, 1.165) is 55.2 Å². The maximum absolute atomic E-state index is 4.69. The molecule has 0 atom stereocenters. The molecular formula is C17H23N9. The van der Waals surface area contributed by atoms with Gasteiger partial charge < -0.3 is 14.7 Å². The number of hydrogen-bond donors (Lipinski definition) is 0. The number of fused-ring (bicyclic) bond motifs is 1. The molecule has 9 heteroatoms. The van der Waals surface area contributed by atoms with Crippen molar-refractivity contribution in [1.82, 2.24) is 29.5 Å². The highest BCUT2D eigenvalue weighted by atomic mass is 15.4. The summed E-state index contributed by atoms with van der Waals surface area (Å²) in [5.41, 5.74) is 1.93. The van der Waals surface area contributed by atoms with Crippen LogP contribution in [0.2, 0.25) is 0 Å². The Kier molecular flexibility index (Phi) is 4.06. The summed E-state index contributed by atoms with van der Waals surface area (Å²) in [7, 11) is 4.00. The van der Waals surface area contributed by atoms with E-state index in [4.69, 9.17) is 4.98 Å². The van der Waals surface area contributed by atoms with Crippen LogP contribution in [0.3, 0.4) is 0 Å². The van der Waals surface area contributed by atoms with Crippen molar-refractivity contribution in [2.75, 3.05) is 55.0 Å². The maximum Gasteiger partial charge on any atom is 0.254 e. The highest BCUT2D eigenvalue weighted by Crippen LogP contribution is 2.21. The van der Waals surface area contributed by atoms with Gasteiger partial charge in [0.1, 0.15) is 18.0 Å². The predicted octanol–water partition coefficient (Wildman–Crippen LogP) is 0.924. The minimum atomic E-state index is 0.639. The zero-order valence-corrected chi connectivity index (χ0v) is 15.6. The number of aromatic nitrogens is 6. The van der Waals surface area contributed by atoms with Crippen LogP contribution in [0, 0.1) is 13.8 Å². The van der Waals surface area contributed by atoms with Crippen LogP contribution in [0.4, 0.5) is 17.6 Å². The second kappa shape index (κ2) is 6.40. The summed E-state index contributed by atoms with van der Waals surface area (Å²) >= 11 is 0. The van der Waals surface area contributed by atoms with Crippen LogP contribution in [0.1, 0.15) is 11.4 Å². The second-order valence-corrected chi connectivity index (χ2v) is 6.76. The minimum absolute atomic E-state index is 0.639. The molecule has 1 aliphatic rings.